The van der Waals surface area contributed by atoms with Crippen LogP contribution in [0.1, 0.15) is 34.7 Å². The zero-order valence-electron chi connectivity index (χ0n) is 16.6. The summed E-state index contributed by atoms with van der Waals surface area (Å²) in [6.45, 7) is 5.25. The van der Waals surface area contributed by atoms with Gasteiger partial charge in [-0.05, 0) is 25.3 Å². The highest BCUT2D eigenvalue weighted by Gasteiger charge is 2.33. The summed E-state index contributed by atoms with van der Waals surface area (Å²) in [7, 11) is 1.66. The molecule has 9 heteroatoms. The number of aliphatic imine (C=N–C) groups is 1. The molecule has 1 fully saturated rings. The number of aryl methyl sites for hydroxylation is 1. The number of alkyl halides is 3. The summed E-state index contributed by atoms with van der Waals surface area (Å²) < 4.78 is 37.9. The lowest BCUT2D eigenvalue weighted by Gasteiger charge is -2.33. The Balaban J connectivity index is 1.43. The van der Waals surface area contributed by atoms with Crippen molar-refractivity contribution in [2.24, 2.45) is 4.99 Å². The van der Waals surface area contributed by atoms with E-state index in [0.717, 1.165) is 49.2 Å². The number of rotatable bonds is 5. The molecule has 1 aliphatic heterocycles. The molecule has 0 radical (unpaired) electrons. The summed E-state index contributed by atoms with van der Waals surface area (Å²) in [6.07, 6.45) is -2.43. The topological polar surface area (TPSA) is 52.6 Å². The average Bonchev–Trinajstić information content (AvgIpc) is 3.16. The van der Waals surface area contributed by atoms with Crippen LogP contribution in [0.4, 0.5) is 13.2 Å². The van der Waals surface area contributed by atoms with E-state index in [1.165, 1.54) is 11.1 Å². The number of nitrogens with zero attached hydrogens (tertiary/aromatic N) is 3. The first-order chi connectivity index (χ1) is 13.8. The normalized spacial score (nSPS) is 16.8. The van der Waals surface area contributed by atoms with E-state index in [0.29, 0.717) is 11.0 Å². The molecule has 0 amide bonds. The number of hydrogen-bond acceptors (Lipinski definition) is 4. The van der Waals surface area contributed by atoms with Crippen molar-refractivity contribution in [3.05, 3.63) is 51.5 Å². The number of aromatic nitrogens is 1. The molecular weight excluding hydrogens is 399 g/mol. The Hall–Kier alpha value is -2.13. The molecule has 0 aliphatic carbocycles. The van der Waals surface area contributed by atoms with Gasteiger partial charge in [0, 0.05) is 38.1 Å². The van der Waals surface area contributed by atoms with Crippen LogP contribution in [0.2, 0.25) is 0 Å². The van der Waals surface area contributed by atoms with Gasteiger partial charge in [-0.2, -0.15) is 13.2 Å². The second-order valence-corrected chi connectivity index (χ2v) is 8.18. The van der Waals surface area contributed by atoms with Crippen LogP contribution in [-0.2, 0) is 19.3 Å². The molecule has 29 heavy (non-hydrogen) atoms. The third kappa shape index (κ3) is 6.43. The molecular formula is C20H26F3N5S. The number of thiazole rings is 1. The summed E-state index contributed by atoms with van der Waals surface area (Å²) in [5, 5.41) is 7.86. The van der Waals surface area contributed by atoms with Crippen molar-refractivity contribution in [2.45, 2.75) is 45.1 Å². The fourth-order valence-electron chi connectivity index (χ4n) is 3.37. The van der Waals surface area contributed by atoms with Crippen LogP contribution in [-0.4, -0.2) is 42.0 Å². The first kappa shape index (κ1) is 21.6. The molecule has 0 unspecified atom stereocenters. The summed E-state index contributed by atoms with van der Waals surface area (Å²) in [5.74, 6) is 0.589. The van der Waals surface area contributed by atoms with Gasteiger partial charge < -0.3 is 10.6 Å². The minimum Gasteiger partial charge on any atom is -0.354 e. The third-order valence-electron chi connectivity index (χ3n) is 4.89. The molecule has 158 valence electrons. The van der Waals surface area contributed by atoms with Crippen LogP contribution in [0.5, 0.6) is 0 Å². The molecule has 1 aromatic heterocycles. The number of halogens is 3. The van der Waals surface area contributed by atoms with E-state index in [1.807, 2.05) is 0 Å². The molecule has 2 heterocycles. The maximum Gasteiger partial charge on any atom is 0.434 e. The van der Waals surface area contributed by atoms with E-state index in [1.54, 1.807) is 7.05 Å². The van der Waals surface area contributed by atoms with Gasteiger partial charge in [-0.1, -0.05) is 29.8 Å². The zero-order chi connectivity index (χ0) is 20.9. The molecule has 0 bridgehead atoms. The van der Waals surface area contributed by atoms with Gasteiger partial charge in [0.15, 0.2) is 11.7 Å². The van der Waals surface area contributed by atoms with Crippen LogP contribution in [0.15, 0.2) is 34.6 Å². The lowest BCUT2D eigenvalue weighted by molar-refractivity contribution is -0.140. The Morgan fingerprint density at radius 1 is 1.31 bits per heavy atom. The van der Waals surface area contributed by atoms with E-state index in [2.05, 4.69) is 56.7 Å². The molecule has 0 spiro atoms. The van der Waals surface area contributed by atoms with Gasteiger partial charge in [-0.25, -0.2) is 4.98 Å². The van der Waals surface area contributed by atoms with E-state index in [4.69, 9.17) is 0 Å². The highest BCUT2D eigenvalue weighted by atomic mass is 32.1. The molecule has 1 aromatic carbocycles. The lowest BCUT2D eigenvalue weighted by Crippen LogP contribution is -2.48. The Morgan fingerprint density at radius 2 is 2.07 bits per heavy atom. The van der Waals surface area contributed by atoms with Crippen molar-refractivity contribution in [1.82, 2.24) is 20.5 Å². The van der Waals surface area contributed by atoms with E-state index < -0.39 is 11.9 Å². The minimum atomic E-state index is -4.40. The molecule has 2 N–H and O–H groups in total. The first-order valence-electron chi connectivity index (χ1n) is 9.60. The van der Waals surface area contributed by atoms with Gasteiger partial charge in [0.1, 0.15) is 5.01 Å². The van der Waals surface area contributed by atoms with E-state index in [9.17, 15) is 13.2 Å². The van der Waals surface area contributed by atoms with Crippen molar-refractivity contribution < 1.29 is 13.2 Å². The van der Waals surface area contributed by atoms with Gasteiger partial charge in [-0.3, -0.25) is 9.89 Å². The predicted octanol–water partition coefficient (Wildman–Crippen LogP) is 3.80. The highest BCUT2D eigenvalue weighted by molar-refractivity contribution is 7.09. The predicted molar refractivity (Wildman–Crippen MR) is 110 cm³/mol. The monoisotopic (exact) mass is 425 g/mol. The van der Waals surface area contributed by atoms with Crippen LogP contribution < -0.4 is 10.6 Å². The van der Waals surface area contributed by atoms with Gasteiger partial charge in [0.2, 0.25) is 0 Å². The first-order valence-corrected chi connectivity index (χ1v) is 10.5. The van der Waals surface area contributed by atoms with Gasteiger partial charge in [0.25, 0.3) is 0 Å². The number of guanidine groups is 1. The maximum atomic E-state index is 12.6. The molecule has 3 rings (SSSR count). The van der Waals surface area contributed by atoms with Crippen LogP contribution in [0.3, 0.4) is 0 Å². The van der Waals surface area contributed by atoms with E-state index in [-0.39, 0.29) is 12.6 Å². The minimum absolute atomic E-state index is 0.215. The van der Waals surface area contributed by atoms with Crippen LogP contribution in [0, 0.1) is 6.92 Å². The Labute approximate surface area is 173 Å². The summed E-state index contributed by atoms with van der Waals surface area (Å²) in [5.41, 5.74) is 1.76. The number of likely N-dealkylation sites (tertiary alicyclic amines) is 1. The molecule has 5 nitrogen and oxygen atoms in total. The lowest BCUT2D eigenvalue weighted by atomic mass is 10.0. The zero-order valence-corrected chi connectivity index (χ0v) is 17.4. The van der Waals surface area contributed by atoms with Crippen LogP contribution in [0.25, 0.3) is 0 Å². The van der Waals surface area contributed by atoms with Gasteiger partial charge in [0.05, 0.1) is 6.54 Å². The second kappa shape index (κ2) is 9.58. The van der Waals surface area contributed by atoms with Gasteiger partial charge >= 0.3 is 6.18 Å². The Morgan fingerprint density at radius 3 is 2.69 bits per heavy atom. The number of piperidine rings is 1. The number of nitrogens with one attached hydrogen (secondary N) is 2. The molecule has 0 atom stereocenters. The SMILES string of the molecule is CN=C(NCc1nc(C(F)(F)F)cs1)NC1CCN(Cc2cccc(C)c2)CC1. The Kier molecular flexibility index (Phi) is 7.13. The molecule has 0 saturated carbocycles. The number of benzene rings is 1. The third-order valence-corrected chi connectivity index (χ3v) is 5.74. The standard InChI is InChI=1S/C20H26F3N5S/c1-14-4-3-5-15(10-14)12-28-8-6-16(7-9-28)26-19(24-2)25-11-18-27-17(13-29-18)20(21,22)23/h3-5,10,13,16H,6-9,11-12H2,1-2H3,(H2,24,25,26). The Bertz CT molecular complexity index is 826. The second-order valence-electron chi connectivity index (χ2n) is 7.23. The van der Waals surface area contributed by atoms with Crippen molar-refractivity contribution in [1.29, 1.82) is 0 Å². The molecule has 2 aromatic rings. The number of hydrogen-bond donors (Lipinski definition) is 2. The average molecular weight is 426 g/mol. The summed E-state index contributed by atoms with van der Waals surface area (Å²) >= 11 is 0.994. The smallest absolute Gasteiger partial charge is 0.354 e. The molecule has 1 saturated heterocycles. The van der Waals surface area contributed by atoms with Crippen molar-refractivity contribution in [2.75, 3.05) is 20.1 Å². The van der Waals surface area contributed by atoms with Crippen molar-refractivity contribution in [3.8, 4) is 0 Å². The van der Waals surface area contributed by atoms with Crippen LogP contribution >= 0.6 is 11.3 Å². The summed E-state index contributed by atoms with van der Waals surface area (Å²) in [4.78, 5) is 10.3. The van der Waals surface area contributed by atoms with E-state index >= 15 is 0 Å². The quantitative estimate of drug-likeness (QED) is 0.565. The highest BCUT2D eigenvalue weighted by Crippen LogP contribution is 2.29. The largest absolute Gasteiger partial charge is 0.434 e. The van der Waals surface area contributed by atoms with Crippen molar-refractivity contribution in [3.63, 3.8) is 0 Å². The molecule has 1 aliphatic rings. The van der Waals surface area contributed by atoms with Crippen molar-refractivity contribution >= 4 is 17.3 Å². The fourth-order valence-corrected chi connectivity index (χ4v) is 4.11. The van der Waals surface area contributed by atoms with Gasteiger partial charge in [-0.15, -0.1) is 11.3 Å². The maximum absolute atomic E-state index is 12.6. The fraction of sp³-hybridized carbons (Fsp3) is 0.500. The summed E-state index contributed by atoms with van der Waals surface area (Å²) in [6, 6.07) is 8.87.